The highest BCUT2D eigenvalue weighted by molar-refractivity contribution is 5.88. The lowest BCUT2D eigenvalue weighted by Gasteiger charge is -2.26. The molecular formula is C39H42N2O2. The quantitative estimate of drug-likeness (QED) is 0.141. The topological polar surface area (TPSA) is 34.6 Å². The Morgan fingerprint density at radius 1 is 0.535 bits per heavy atom. The minimum absolute atomic E-state index is 0.827. The molecule has 0 saturated heterocycles. The molecule has 0 saturated carbocycles. The van der Waals surface area contributed by atoms with Gasteiger partial charge in [-0.15, -0.1) is 0 Å². The van der Waals surface area contributed by atoms with E-state index in [1.165, 1.54) is 48.1 Å². The maximum absolute atomic E-state index is 5.43. The Hall–Kier alpha value is -4.57. The number of pyridine rings is 1. The van der Waals surface area contributed by atoms with Gasteiger partial charge in [0.1, 0.15) is 11.5 Å². The molecule has 0 aliphatic carbocycles. The van der Waals surface area contributed by atoms with Crippen molar-refractivity contribution in [3.05, 3.63) is 109 Å². The van der Waals surface area contributed by atoms with Gasteiger partial charge >= 0.3 is 0 Å². The molecule has 0 bridgehead atoms. The summed E-state index contributed by atoms with van der Waals surface area (Å²) in [6.45, 7) is 6.65. The maximum atomic E-state index is 5.43. The molecule has 5 aromatic rings. The van der Waals surface area contributed by atoms with Gasteiger partial charge in [-0.3, -0.25) is 0 Å². The van der Waals surface area contributed by atoms with Crippen molar-refractivity contribution in [3.63, 3.8) is 0 Å². The molecule has 0 amide bonds. The van der Waals surface area contributed by atoms with Crippen molar-refractivity contribution in [2.75, 3.05) is 32.2 Å². The molecule has 4 aromatic carbocycles. The van der Waals surface area contributed by atoms with Crippen LogP contribution in [0.2, 0.25) is 0 Å². The number of aromatic nitrogens is 1. The Morgan fingerprint density at radius 3 is 1.56 bits per heavy atom. The molecule has 0 aliphatic rings. The van der Waals surface area contributed by atoms with Gasteiger partial charge in [-0.2, -0.15) is 0 Å². The van der Waals surface area contributed by atoms with Crippen LogP contribution in [0.25, 0.3) is 44.8 Å². The van der Waals surface area contributed by atoms with Gasteiger partial charge in [0.25, 0.3) is 0 Å². The van der Waals surface area contributed by atoms with Gasteiger partial charge in [0.15, 0.2) is 0 Å². The summed E-state index contributed by atoms with van der Waals surface area (Å²) in [5.41, 5.74) is 9.95. The second kappa shape index (κ2) is 14.6. The number of benzene rings is 4. The van der Waals surface area contributed by atoms with Crippen molar-refractivity contribution in [2.24, 2.45) is 0 Å². The predicted octanol–water partition coefficient (Wildman–Crippen LogP) is 10.2. The fraction of sp³-hybridized carbons (Fsp3) is 0.256. The molecule has 43 heavy (non-hydrogen) atoms. The summed E-state index contributed by atoms with van der Waals surface area (Å²) >= 11 is 0. The summed E-state index contributed by atoms with van der Waals surface area (Å²) < 4.78 is 10.9. The summed E-state index contributed by atoms with van der Waals surface area (Å²) in [6.07, 6.45) is 4.71. The first-order chi connectivity index (χ1) is 21.1. The van der Waals surface area contributed by atoms with Gasteiger partial charge in [0.05, 0.1) is 25.6 Å². The minimum Gasteiger partial charge on any atom is -0.497 e. The Labute approximate surface area is 257 Å². The molecule has 1 aromatic heterocycles. The zero-order chi connectivity index (χ0) is 30.0. The Balaban J connectivity index is 1.71. The van der Waals surface area contributed by atoms with E-state index in [9.17, 15) is 0 Å². The normalized spacial score (nSPS) is 10.9. The molecular weight excluding hydrogens is 528 g/mol. The largest absolute Gasteiger partial charge is 0.497 e. The van der Waals surface area contributed by atoms with Crippen molar-refractivity contribution in [2.45, 2.75) is 39.5 Å². The highest BCUT2D eigenvalue weighted by Gasteiger charge is 2.16. The van der Waals surface area contributed by atoms with E-state index < -0.39 is 0 Å². The molecule has 0 unspecified atom stereocenters. The third-order valence-corrected chi connectivity index (χ3v) is 7.92. The van der Waals surface area contributed by atoms with E-state index in [-0.39, 0.29) is 0 Å². The number of ether oxygens (including phenoxy) is 2. The van der Waals surface area contributed by atoms with Crippen LogP contribution in [0.15, 0.2) is 109 Å². The summed E-state index contributed by atoms with van der Waals surface area (Å²) in [4.78, 5) is 7.72. The number of unbranched alkanes of at least 4 members (excludes halogenated alkanes) is 2. The molecule has 1 heterocycles. The van der Waals surface area contributed by atoms with Gasteiger partial charge in [-0.25, -0.2) is 4.98 Å². The first kappa shape index (κ1) is 29.9. The molecule has 0 aliphatic heterocycles. The average molecular weight is 571 g/mol. The van der Waals surface area contributed by atoms with Crippen LogP contribution in [0.1, 0.15) is 39.5 Å². The van der Waals surface area contributed by atoms with Crippen LogP contribution in [-0.4, -0.2) is 32.3 Å². The number of methoxy groups -OCH3 is 2. The molecule has 4 nitrogen and oxygen atoms in total. The highest BCUT2D eigenvalue weighted by Crippen LogP contribution is 2.39. The number of anilines is 1. The molecule has 4 heteroatoms. The maximum Gasteiger partial charge on any atom is 0.118 e. The lowest BCUT2D eigenvalue weighted by molar-refractivity contribution is 0.415. The van der Waals surface area contributed by atoms with E-state index >= 15 is 0 Å². The molecule has 0 N–H and O–H groups in total. The van der Waals surface area contributed by atoms with E-state index in [1.807, 2.05) is 24.3 Å². The summed E-state index contributed by atoms with van der Waals surface area (Å²) in [7, 11) is 3.39. The van der Waals surface area contributed by atoms with Crippen molar-refractivity contribution < 1.29 is 9.47 Å². The average Bonchev–Trinajstić information content (AvgIpc) is 3.08. The van der Waals surface area contributed by atoms with Crippen LogP contribution in [0.4, 0.5) is 5.69 Å². The zero-order valence-electron chi connectivity index (χ0n) is 25.8. The summed E-state index contributed by atoms with van der Waals surface area (Å²) in [5.74, 6) is 1.65. The first-order valence-corrected chi connectivity index (χ1v) is 15.4. The van der Waals surface area contributed by atoms with Crippen LogP contribution >= 0.6 is 0 Å². The van der Waals surface area contributed by atoms with Gasteiger partial charge in [-0.1, -0.05) is 63.1 Å². The van der Waals surface area contributed by atoms with Crippen molar-refractivity contribution in [1.82, 2.24) is 4.98 Å². The van der Waals surface area contributed by atoms with Crippen molar-refractivity contribution in [1.29, 1.82) is 0 Å². The third-order valence-electron chi connectivity index (χ3n) is 7.92. The highest BCUT2D eigenvalue weighted by atomic mass is 16.5. The van der Waals surface area contributed by atoms with Crippen molar-refractivity contribution >= 4 is 5.69 Å². The van der Waals surface area contributed by atoms with Crippen LogP contribution in [0, 0.1) is 0 Å². The first-order valence-electron chi connectivity index (χ1n) is 15.4. The molecule has 0 atom stereocenters. The van der Waals surface area contributed by atoms with Crippen LogP contribution in [0.3, 0.4) is 0 Å². The summed E-state index contributed by atoms with van der Waals surface area (Å²) in [6, 6.07) is 38.4. The lowest BCUT2D eigenvalue weighted by Crippen LogP contribution is -2.25. The second-order valence-electron chi connectivity index (χ2n) is 10.9. The molecule has 0 spiro atoms. The standard InChI is InChI=1S/C39H42N2O2/c1-5-7-24-41(25-8-6-2)33-18-23-36(29-12-10-9-11-13-29)37(28-33)32-26-38(30-14-19-34(42-3)20-15-30)40-39(27-32)31-16-21-35(43-4)22-17-31/h9-23,26-28H,5-8,24-25H2,1-4H3. The number of rotatable bonds is 13. The number of nitrogens with zero attached hydrogens (tertiary/aromatic N) is 2. The molecule has 5 rings (SSSR count). The second-order valence-corrected chi connectivity index (χ2v) is 10.9. The SMILES string of the molecule is CCCCN(CCCC)c1ccc(-c2ccccc2)c(-c2cc(-c3ccc(OC)cc3)nc(-c3ccc(OC)cc3)c2)c1. The smallest absolute Gasteiger partial charge is 0.118 e. The van der Waals surface area contributed by atoms with Crippen LogP contribution in [-0.2, 0) is 0 Å². The minimum atomic E-state index is 0.827. The molecule has 0 fully saturated rings. The zero-order valence-corrected chi connectivity index (χ0v) is 25.8. The van der Waals surface area contributed by atoms with Gasteiger partial charge in [0.2, 0.25) is 0 Å². The third kappa shape index (κ3) is 7.26. The van der Waals surface area contributed by atoms with Crippen molar-refractivity contribution in [3.8, 4) is 56.3 Å². The van der Waals surface area contributed by atoms with Gasteiger partial charge < -0.3 is 14.4 Å². The fourth-order valence-corrected chi connectivity index (χ4v) is 5.41. The molecule has 220 valence electrons. The number of hydrogen-bond donors (Lipinski definition) is 0. The van der Waals surface area contributed by atoms with Crippen LogP contribution < -0.4 is 14.4 Å². The Morgan fingerprint density at radius 2 is 1.07 bits per heavy atom. The summed E-state index contributed by atoms with van der Waals surface area (Å²) in [5, 5.41) is 0. The molecule has 0 radical (unpaired) electrons. The Bertz CT molecular complexity index is 1520. The van der Waals surface area contributed by atoms with E-state index in [1.54, 1.807) is 14.2 Å². The van der Waals surface area contributed by atoms with E-state index in [0.717, 1.165) is 52.7 Å². The van der Waals surface area contributed by atoms with E-state index in [2.05, 4.69) is 104 Å². The predicted molar refractivity (Wildman–Crippen MR) is 181 cm³/mol. The fourth-order valence-electron chi connectivity index (χ4n) is 5.41. The van der Waals surface area contributed by atoms with Gasteiger partial charge in [0, 0.05) is 29.9 Å². The number of hydrogen-bond acceptors (Lipinski definition) is 4. The lowest BCUT2D eigenvalue weighted by atomic mass is 9.92. The van der Waals surface area contributed by atoms with Gasteiger partial charge in [-0.05, 0) is 108 Å². The monoisotopic (exact) mass is 570 g/mol. The van der Waals surface area contributed by atoms with E-state index in [0.29, 0.717) is 0 Å². The van der Waals surface area contributed by atoms with Crippen LogP contribution in [0.5, 0.6) is 11.5 Å². The van der Waals surface area contributed by atoms with E-state index in [4.69, 9.17) is 14.5 Å². The Kier molecular flexibility index (Phi) is 10.1.